The Balaban J connectivity index is 0.000000113. The fourth-order valence-corrected chi connectivity index (χ4v) is 34.7. The first kappa shape index (κ1) is 101. The molecule has 0 aromatic heterocycles. The van der Waals surface area contributed by atoms with Gasteiger partial charge >= 0.3 is 47.6 Å². The highest BCUT2D eigenvalue weighted by molar-refractivity contribution is 7.97. The molecule has 0 N–H and O–H groups in total. The molecular formula is C116H141F6O14S3+3. The second kappa shape index (κ2) is 42.0. The first-order chi connectivity index (χ1) is 66.3. The zero-order valence-corrected chi connectivity index (χ0v) is 84.6. The van der Waals surface area contributed by atoms with Crippen LogP contribution in [0.4, 0.5) is 26.3 Å². The maximum absolute atomic E-state index is 13.4. The maximum atomic E-state index is 13.4. The second-order valence-electron chi connectivity index (χ2n) is 45.7. The molecular weight excluding hydrogens is 1830 g/mol. The van der Waals surface area contributed by atoms with E-state index in [0.717, 1.165) is 88.3 Å². The van der Waals surface area contributed by atoms with Crippen molar-refractivity contribution in [3.8, 4) is 0 Å². The summed E-state index contributed by atoms with van der Waals surface area (Å²) in [5, 5.41) is 0. The maximum Gasteiger partial charge on any atom is 0.377 e. The lowest BCUT2D eigenvalue weighted by Crippen LogP contribution is -2.58. The highest BCUT2D eigenvalue weighted by atomic mass is 32.2. The van der Waals surface area contributed by atoms with Gasteiger partial charge in [0, 0.05) is 43.5 Å². The topological polar surface area (TPSA) is 176 Å². The van der Waals surface area contributed by atoms with Crippen molar-refractivity contribution in [1.29, 1.82) is 0 Å². The van der Waals surface area contributed by atoms with Crippen LogP contribution in [0.25, 0.3) is 0 Å². The van der Waals surface area contributed by atoms with Crippen LogP contribution in [-0.2, 0) is 105 Å². The quantitative estimate of drug-likeness (QED) is 0.0218. The van der Waals surface area contributed by atoms with E-state index >= 15 is 0 Å². The molecule has 23 heteroatoms. The molecule has 1 heterocycles. The lowest BCUT2D eigenvalue weighted by molar-refractivity contribution is -0.218. The Bertz CT molecular complexity index is 4950. The van der Waals surface area contributed by atoms with Gasteiger partial charge in [-0.05, 0) is 366 Å². The number of alkyl halides is 6. The molecule has 139 heavy (non-hydrogen) atoms. The molecule has 21 fully saturated rings. The minimum Gasteiger partial charge on any atom is -0.457 e. The van der Waals surface area contributed by atoms with Crippen molar-refractivity contribution >= 4 is 68.3 Å². The number of esters is 5. The van der Waals surface area contributed by atoms with Gasteiger partial charge in [-0.15, -0.1) is 0 Å². The van der Waals surface area contributed by atoms with E-state index in [1.165, 1.54) is 132 Å². The minimum absolute atomic E-state index is 0.0146. The molecule has 1 aliphatic heterocycles. The number of ether oxygens (including phenoxy) is 8. The van der Waals surface area contributed by atoms with E-state index in [9.17, 15) is 55.1 Å². The molecule has 746 valence electrons. The number of benzene rings is 7. The van der Waals surface area contributed by atoms with E-state index in [-0.39, 0.29) is 106 Å². The number of ketones is 1. The fourth-order valence-electron chi connectivity index (χ4n) is 28.7. The largest absolute Gasteiger partial charge is 0.457 e. The summed E-state index contributed by atoms with van der Waals surface area (Å²) in [6, 6.07) is 68.2. The number of hydrogen-bond donors (Lipinski definition) is 0. The smallest absolute Gasteiger partial charge is 0.377 e. The number of Topliss-reactive ketones (excluding diaryl/α,β-unsaturated/α-hetero) is 1. The van der Waals surface area contributed by atoms with Gasteiger partial charge in [-0.2, -0.15) is 26.3 Å². The van der Waals surface area contributed by atoms with Crippen LogP contribution in [0.5, 0.6) is 0 Å². The molecule has 0 spiro atoms. The summed E-state index contributed by atoms with van der Waals surface area (Å²) in [4.78, 5) is 83.0. The van der Waals surface area contributed by atoms with Crippen LogP contribution < -0.4 is 0 Å². The number of hydrogen-bond acceptors (Lipinski definition) is 14. The van der Waals surface area contributed by atoms with Crippen molar-refractivity contribution in [2.75, 3.05) is 38.3 Å². The monoisotopic (exact) mass is 1970 g/mol. The standard InChI is InChI=1S/2C25H34F2O5.C21H21S.C18H15S.C14H21OS.C13H16F2O3/c2*1-24(26,27)22(28)32-21-18-7-15-8-19(21)11-25(9-15,10-18)23(29)31-12-30-20-16-3-13-2-14(5-16)6-17(20)4-13;1-16-4-10-19(11-5-16)22(20-12-6-17(2)7-13-20)21-14-8-18(3)9-15-21;1-4-10-16(11-5-1)19(17-12-6-2-7-13-17)18-14-8-3-9-15-18;1-14(2,3)12-4-6-13(7-5-12)16-10-8-15-9-11-16;1-12(14,15)11(17)18-13-4-7-2-8(5-13)10(16)9(3-7)6-13/h2*13-21H,2-12H2,1H3;4-15H,1-3H3;1-15H;4-7H,8-11H2,1-3H3;7-9H,2-6H2,1H3/q;;3*+1;. The Hall–Kier alpha value is -7.93. The summed E-state index contributed by atoms with van der Waals surface area (Å²) in [6.07, 6.45) is 22.7. The normalized spacial score (nSPS) is 33.0. The zero-order valence-electron chi connectivity index (χ0n) is 82.2. The number of halogens is 6. The van der Waals surface area contributed by atoms with Gasteiger partial charge in [-0.1, -0.05) is 141 Å². The Kier molecular flexibility index (Phi) is 30.6. The number of aryl methyl sites for hydroxylation is 3. The van der Waals surface area contributed by atoms with Gasteiger partial charge in [0.1, 0.15) is 35.1 Å². The molecule has 0 amide bonds. The van der Waals surface area contributed by atoms with Crippen LogP contribution in [-0.4, -0.2) is 122 Å². The van der Waals surface area contributed by atoms with E-state index in [2.05, 4.69) is 230 Å². The molecule has 7 aromatic carbocycles. The number of carbonyl (C=O) groups excluding carboxylic acids is 6. The summed E-state index contributed by atoms with van der Waals surface area (Å²) < 4.78 is 124. The van der Waals surface area contributed by atoms with Crippen molar-refractivity contribution in [3.05, 3.63) is 210 Å². The van der Waals surface area contributed by atoms with E-state index in [1.807, 2.05) is 0 Å². The Morgan fingerprint density at radius 3 is 0.978 bits per heavy atom. The summed E-state index contributed by atoms with van der Waals surface area (Å²) >= 11 is 0. The van der Waals surface area contributed by atoms with E-state index in [4.69, 9.17) is 37.9 Å². The van der Waals surface area contributed by atoms with Crippen LogP contribution in [0.2, 0.25) is 0 Å². The van der Waals surface area contributed by atoms with Crippen LogP contribution in [0.15, 0.2) is 222 Å². The summed E-state index contributed by atoms with van der Waals surface area (Å²) in [7, 11) is 0.378. The molecule has 0 radical (unpaired) electrons. The van der Waals surface area contributed by atoms with Crippen molar-refractivity contribution in [3.63, 3.8) is 0 Å². The van der Waals surface area contributed by atoms with E-state index in [0.29, 0.717) is 118 Å². The molecule has 6 unspecified atom stereocenters. The van der Waals surface area contributed by atoms with E-state index < -0.39 is 64.3 Å². The zero-order chi connectivity index (χ0) is 97.7. The van der Waals surface area contributed by atoms with Gasteiger partial charge in [0.2, 0.25) is 0 Å². The molecule has 20 saturated carbocycles. The van der Waals surface area contributed by atoms with Gasteiger partial charge in [-0.25, -0.2) is 14.4 Å². The highest BCUT2D eigenvalue weighted by Gasteiger charge is 2.65. The average molecular weight is 1970 g/mol. The SMILES string of the molecule is CC(C)(C)c1ccc([S+]2CCOCC2)cc1.CC(F)(F)C(=O)OC12CC3CC(C1)C(=O)C(C3)C2.CC(F)(F)C(=O)OC1C2CC3CC1CC(C(=O)OCOC1C4CC5CC(C4)CC1C5)(C3)C2.CC(F)(F)C(=O)OC1C2CC3CC1CC(C(=O)OCOC1C4CC5CC(C4)CC1C5)(C3)C2.Cc1ccc([S+](c2ccc(C)cc2)c2ccc(C)cc2)cc1.c1ccc([S+](c2ccccc2)c2ccccc2)cc1. The van der Waals surface area contributed by atoms with Gasteiger partial charge in [0.05, 0.1) is 58.0 Å². The number of rotatable bonds is 21. The first-order valence-electron chi connectivity index (χ1n) is 51.4. The molecule has 6 atom stereocenters. The molecule has 28 rings (SSSR count). The Morgan fingerprint density at radius 1 is 0.353 bits per heavy atom. The van der Waals surface area contributed by atoms with Gasteiger partial charge in [-0.3, -0.25) is 14.4 Å². The van der Waals surface area contributed by atoms with Gasteiger partial charge in [0.15, 0.2) is 47.9 Å². The lowest BCUT2D eigenvalue weighted by Gasteiger charge is -2.58. The predicted octanol–water partition coefficient (Wildman–Crippen LogP) is 25.3. The van der Waals surface area contributed by atoms with Crippen LogP contribution >= 0.6 is 0 Å². The van der Waals surface area contributed by atoms with E-state index in [1.54, 1.807) is 0 Å². The molecule has 20 bridgehead atoms. The van der Waals surface area contributed by atoms with Crippen molar-refractivity contribution < 1.29 is 93.0 Å². The Morgan fingerprint density at radius 2 is 0.662 bits per heavy atom. The summed E-state index contributed by atoms with van der Waals surface area (Å²) in [5.41, 5.74) is 3.68. The molecule has 7 aromatic rings. The van der Waals surface area contributed by atoms with Crippen LogP contribution in [0, 0.1) is 132 Å². The van der Waals surface area contributed by atoms with Gasteiger partial charge < -0.3 is 37.9 Å². The predicted molar refractivity (Wildman–Crippen MR) is 525 cm³/mol. The summed E-state index contributed by atoms with van der Waals surface area (Å²) in [6.45, 7) is 16.8. The average Bonchev–Trinajstić information content (AvgIpc) is 0.687. The highest BCUT2D eigenvalue weighted by Crippen LogP contribution is 2.65. The number of carbonyl (C=O) groups is 6. The Labute approximate surface area is 826 Å². The molecule has 14 nitrogen and oxygen atoms in total. The van der Waals surface area contributed by atoms with Crippen LogP contribution in [0.3, 0.4) is 0 Å². The summed E-state index contributed by atoms with van der Waals surface area (Å²) in [5.74, 6) is -5.70. The molecule has 21 aliphatic rings. The third-order valence-electron chi connectivity index (χ3n) is 33.9. The third kappa shape index (κ3) is 23.4. The van der Waals surface area contributed by atoms with Gasteiger partial charge in [0.25, 0.3) is 0 Å². The third-order valence-corrected chi connectivity index (χ3v) is 40.7. The minimum atomic E-state index is -3.49. The van der Waals surface area contributed by atoms with Crippen molar-refractivity contribution in [2.24, 2.45) is 111 Å². The van der Waals surface area contributed by atoms with Crippen molar-refractivity contribution in [1.82, 2.24) is 0 Å². The lowest BCUT2D eigenvalue weighted by atomic mass is 9.48. The first-order valence-corrected chi connectivity index (χ1v) is 55.5. The molecule has 20 aliphatic carbocycles. The van der Waals surface area contributed by atoms with Crippen LogP contribution in [0.1, 0.15) is 224 Å². The fraction of sp³-hybridized carbons (Fsp3) is 0.586. The second-order valence-corrected chi connectivity index (χ2v) is 52.1. The molecule has 1 saturated heterocycles. The van der Waals surface area contributed by atoms with Crippen molar-refractivity contribution in [2.45, 2.75) is 310 Å².